The average Bonchev–Trinajstić information content (AvgIpc) is 2.98. The quantitative estimate of drug-likeness (QED) is 0.837. The lowest BCUT2D eigenvalue weighted by Gasteiger charge is -2.24. The van der Waals surface area contributed by atoms with Crippen LogP contribution in [0, 0.1) is 0 Å². The van der Waals surface area contributed by atoms with Gasteiger partial charge in [0, 0.05) is 44.9 Å². The number of imidazole rings is 1. The van der Waals surface area contributed by atoms with Crippen LogP contribution in [0.3, 0.4) is 0 Å². The van der Waals surface area contributed by atoms with Gasteiger partial charge in [0.1, 0.15) is 5.60 Å². The van der Waals surface area contributed by atoms with Gasteiger partial charge in [0.05, 0.1) is 12.2 Å². The van der Waals surface area contributed by atoms with Crippen LogP contribution in [0.1, 0.15) is 45.3 Å². The predicted molar refractivity (Wildman–Crippen MR) is 96.2 cm³/mol. The lowest BCUT2D eigenvalue weighted by molar-refractivity contribution is 0.0283. The van der Waals surface area contributed by atoms with Gasteiger partial charge in [-0.1, -0.05) is 0 Å². The summed E-state index contributed by atoms with van der Waals surface area (Å²) in [6.45, 7) is 7.08. The van der Waals surface area contributed by atoms with Crippen LogP contribution < -0.4 is 5.56 Å². The number of carbonyl (C=O) groups excluding carboxylic acids is 1. The first-order chi connectivity index (χ1) is 12.2. The molecule has 8 nitrogen and oxygen atoms in total. The lowest BCUT2D eigenvalue weighted by Crippen LogP contribution is -2.33. The Morgan fingerprint density at radius 3 is 2.69 bits per heavy atom. The van der Waals surface area contributed by atoms with Crippen molar-refractivity contribution in [3.8, 4) is 0 Å². The number of aromatic nitrogens is 3. The number of hydrogen-bond acceptors (Lipinski definition) is 5. The van der Waals surface area contributed by atoms with E-state index in [0.29, 0.717) is 24.6 Å². The third-order valence-electron chi connectivity index (χ3n) is 4.28. The number of carbonyl (C=O) groups is 1. The van der Waals surface area contributed by atoms with E-state index in [2.05, 4.69) is 4.98 Å². The van der Waals surface area contributed by atoms with Gasteiger partial charge >= 0.3 is 6.09 Å². The molecule has 1 saturated heterocycles. The third kappa shape index (κ3) is 4.07. The van der Waals surface area contributed by atoms with Crippen LogP contribution in [-0.2, 0) is 16.0 Å². The lowest BCUT2D eigenvalue weighted by atomic mass is 10.1. The van der Waals surface area contributed by atoms with E-state index in [9.17, 15) is 9.59 Å². The van der Waals surface area contributed by atoms with Crippen LogP contribution in [0.25, 0.3) is 5.65 Å². The SMILES string of the molecule is CN(Cc1cn2ccn(C3CCOCC3)c(=O)c2n1)C(=O)OC(C)(C)C. The molecule has 3 heterocycles. The molecule has 0 N–H and O–H groups in total. The summed E-state index contributed by atoms with van der Waals surface area (Å²) in [6.07, 6.45) is 6.63. The molecule has 8 heteroatoms. The first-order valence-corrected chi connectivity index (χ1v) is 8.85. The molecule has 0 spiro atoms. The fourth-order valence-corrected chi connectivity index (χ4v) is 3.02. The number of amides is 1. The molecule has 0 unspecified atom stereocenters. The predicted octanol–water partition coefficient (Wildman–Crippen LogP) is 2.21. The molecule has 2 aromatic rings. The number of fused-ring (bicyclic) bond motifs is 1. The minimum atomic E-state index is -0.554. The standard InChI is InChI=1S/C18H26N4O4/c1-18(2,3)26-17(24)20(4)11-13-12-21-7-8-22(16(23)15(21)19-13)14-5-9-25-10-6-14/h7-8,12,14H,5-6,9-11H2,1-4H3. The third-order valence-corrected chi connectivity index (χ3v) is 4.28. The van der Waals surface area contributed by atoms with Crippen molar-refractivity contribution in [2.45, 2.75) is 51.8 Å². The summed E-state index contributed by atoms with van der Waals surface area (Å²) in [5.41, 5.74) is 0.333. The fraction of sp³-hybridized carbons (Fsp3) is 0.611. The Morgan fingerprint density at radius 2 is 2.04 bits per heavy atom. The molecular formula is C18H26N4O4. The Hall–Kier alpha value is -2.35. The van der Waals surface area contributed by atoms with Crippen LogP contribution in [0.15, 0.2) is 23.4 Å². The minimum absolute atomic E-state index is 0.120. The number of ether oxygens (including phenoxy) is 2. The molecule has 0 saturated carbocycles. The Labute approximate surface area is 152 Å². The van der Waals surface area contributed by atoms with E-state index >= 15 is 0 Å². The topological polar surface area (TPSA) is 78.1 Å². The van der Waals surface area contributed by atoms with Crippen molar-refractivity contribution in [2.75, 3.05) is 20.3 Å². The molecule has 0 atom stereocenters. The molecule has 1 fully saturated rings. The van der Waals surface area contributed by atoms with E-state index < -0.39 is 11.7 Å². The highest BCUT2D eigenvalue weighted by atomic mass is 16.6. The monoisotopic (exact) mass is 362 g/mol. The Kier molecular flexibility index (Phi) is 5.04. The van der Waals surface area contributed by atoms with Gasteiger partial charge in [0.2, 0.25) is 5.65 Å². The molecule has 0 aliphatic carbocycles. The molecule has 1 aliphatic heterocycles. The zero-order valence-corrected chi connectivity index (χ0v) is 15.8. The van der Waals surface area contributed by atoms with Crippen molar-refractivity contribution in [3.63, 3.8) is 0 Å². The van der Waals surface area contributed by atoms with E-state index in [1.807, 2.05) is 27.0 Å². The van der Waals surface area contributed by atoms with Gasteiger partial charge < -0.3 is 23.3 Å². The number of nitrogens with zero attached hydrogens (tertiary/aromatic N) is 4. The maximum atomic E-state index is 12.8. The van der Waals surface area contributed by atoms with Gasteiger partial charge in [-0.15, -0.1) is 0 Å². The van der Waals surface area contributed by atoms with Crippen LogP contribution in [-0.4, -0.2) is 50.8 Å². The highest BCUT2D eigenvalue weighted by Gasteiger charge is 2.21. The summed E-state index contributed by atoms with van der Waals surface area (Å²) in [6, 6.07) is 0.144. The highest BCUT2D eigenvalue weighted by Crippen LogP contribution is 2.19. The normalized spacial score (nSPS) is 16.0. The van der Waals surface area contributed by atoms with Gasteiger partial charge in [-0.3, -0.25) is 4.79 Å². The summed E-state index contributed by atoms with van der Waals surface area (Å²) in [5.74, 6) is 0. The maximum absolute atomic E-state index is 12.8. The van der Waals surface area contributed by atoms with Crippen molar-refractivity contribution in [1.82, 2.24) is 18.9 Å². The van der Waals surface area contributed by atoms with E-state index in [1.165, 1.54) is 4.90 Å². The highest BCUT2D eigenvalue weighted by molar-refractivity contribution is 5.67. The van der Waals surface area contributed by atoms with E-state index in [0.717, 1.165) is 12.8 Å². The van der Waals surface area contributed by atoms with Crippen LogP contribution in [0.4, 0.5) is 4.79 Å². The van der Waals surface area contributed by atoms with Gasteiger partial charge in [-0.05, 0) is 33.6 Å². The Bertz CT molecular complexity index is 843. The summed E-state index contributed by atoms with van der Waals surface area (Å²) < 4.78 is 14.2. The summed E-state index contributed by atoms with van der Waals surface area (Å²) in [7, 11) is 1.65. The van der Waals surface area contributed by atoms with E-state index in [1.54, 1.807) is 28.4 Å². The van der Waals surface area contributed by atoms with Crippen molar-refractivity contribution in [1.29, 1.82) is 0 Å². The molecule has 0 bridgehead atoms. The number of rotatable bonds is 3. The second-order valence-corrected chi connectivity index (χ2v) is 7.65. The Morgan fingerprint density at radius 1 is 1.35 bits per heavy atom. The molecule has 1 aliphatic rings. The van der Waals surface area contributed by atoms with Crippen molar-refractivity contribution < 1.29 is 14.3 Å². The van der Waals surface area contributed by atoms with Crippen LogP contribution in [0.2, 0.25) is 0 Å². The second-order valence-electron chi connectivity index (χ2n) is 7.65. The van der Waals surface area contributed by atoms with Gasteiger partial charge in [0.25, 0.3) is 5.56 Å². The molecule has 2 aromatic heterocycles. The van der Waals surface area contributed by atoms with E-state index in [-0.39, 0.29) is 18.1 Å². The summed E-state index contributed by atoms with van der Waals surface area (Å²) in [5, 5.41) is 0. The molecule has 142 valence electrons. The van der Waals surface area contributed by atoms with E-state index in [4.69, 9.17) is 9.47 Å². The van der Waals surface area contributed by atoms with Gasteiger partial charge in [-0.2, -0.15) is 0 Å². The first kappa shape index (κ1) is 18.4. The zero-order chi connectivity index (χ0) is 18.9. The number of hydrogen-bond donors (Lipinski definition) is 0. The van der Waals surface area contributed by atoms with Gasteiger partial charge in [0.15, 0.2) is 0 Å². The molecule has 0 radical (unpaired) electrons. The molecule has 26 heavy (non-hydrogen) atoms. The van der Waals surface area contributed by atoms with Gasteiger partial charge in [-0.25, -0.2) is 9.78 Å². The smallest absolute Gasteiger partial charge is 0.410 e. The van der Waals surface area contributed by atoms with Crippen molar-refractivity contribution >= 4 is 11.7 Å². The van der Waals surface area contributed by atoms with Crippen LogP contribution >= 0.6 is 0 Å². The van der Waals surface area contributed by atoms with Crippen molar-refractivity contribution in [2.24, 2.45) is 0 Å². The molecular weight excluding hydrogens is 336 g/mol. The summed E-state index contributed by atoms with van der Waals surface area (Å²) in [4.78, 5) is 30.8. The average molecular weight is 362 g/mol. The molecule has 3 rings (SSSR count). The zero-order valence-electron chi connectivity index (χ0n) is 15.8. The first-order valence-electron chi connectivity index (χ1n) is 8.85. The minimum Gasteiger partial charge on any atom is -0.444 e. The molecule has 0 aromatic carbocycles. The summed E-state index contributed by atoms with van der Waals surface area (Å²) >= 11 is 0. The van der Waals surface area contributed by atoms with Crippen LogP contribution in [0.5, 0.6) is 0 Å². The Balaban J connectivity index is 1.80. The second kappa shape index (κ2) is 7.11. The van der Waals surface area contributed by atoms with Crippen molar-refractivity contribution in [3.05, 3.63) is 34.6 Å². The fourth-order valence-electron chi connectivity index (χ4n) is 3.02. The largest absolute Gasteiger partial charge is 0.444 e. The molecule has 1 amide bonds. The maximum Gasteiger partial charge on any atom is 0.410 e.